The second kappa shape index (κ2) is 9.39. The first-order valence-corrected chi connectivity index (χ1v) is 11.1. The fourth-order valence-corrected chi connectivity index (χ4v) is 4.91. The van der Waals surface area contributed by atoms with E-state index in [0.29, 0.717) is 30.2 Å². The summed E-state index contributed by atoms with van der Waals surface area (Å²) >= 11 is 5.84. The van der Waals surface area contributed by atoms with Crippen LogP contribution in [0.3, 0.4) is 0 Å². The van der Waals surface area contributed by atoms with Crippen LogP contribution in [0, 0.1) is 0 Å². The fraction of sp³-hybridized carbons (Fsp3) is 0.300. The number of hydrazone groups is 1. The zero-order valence-electron chi connectivity index (χ0n) is 15.9. The molecule has 1 aliphatic rings. The maximum atomic E-state index is 12.9. The van der Waals surface area contributed by atoms with Gasteiger partial charge < -0.3 is 4.74 Å². The van der Waals surface area contributed by atoms with E-state index < -0.39 is 22.0 Å². The normalized spacial score (nSPS) is 17.5. The number of halogens is 1. The molecule has 1 heterocycles. The van der Waals surface area contributed by atoms with Crippen molar-refractivity contribution < 1.29 is 17.9 Å². The van der Waals surface area contributed by atoms with Gasteiger partial charge in [-0.3, -0.25) is 4.79 Å². The lowest BCUT2D eigenvalue weighted by Crippen LogP contribution is -2.44. The van der Waals surface area contributed by atoms with E-state index in [2.05, 4.69) is 10.5 Å². The Morgan fingerprint density at radius 3 is 2.79 bits per heavy atom. The molecule has 7 nitrogen and oxygen atoms in total. The van der Waals surface area contributed by atoms with Crippen molar-refractivity contribution >= 4 is 33.7 Å². The molecular weight excluding hydrogens is 414 g/mol. The van der Waals surface area contributed by atoms with Gasteiger partial charge in [-0.2, -0.15) is 9.41 Å². The highest BCUT2D eigenvalue weighted by molar-refractivity contribution is 7.89. The fourth-order valence-electron chi connectivity index (χ4n) is 3.13. The van der Waals surface area contributed by atoms with Gasteiger partial charge in [0.05, 0.1) is 17.7 Å². The van der Waals surface area contributed by atoms with Crippen LogP contribution in [0.1, 0.15) is 25.3 Å². The number of rotatable bonds is 7. The van der Waals surface area contributed by atoms with Crippen molar-refractivity contribution in [2.24, 2.45) is 5.10 Å². The van der Waals surface area contributed by atoms with Gasteiger partial charge >= 0.3 is 0 Å². The minimum Gasteiger partial charge on any atom is -0.494 e. The van der Waals surface area contributed by atoms with Crippen molar-refractivity contribution in [2.45, 2.75) is 30.7 Å². The van der Waals surface area contributed by atoms with Crippen LogP contribution in [0.15, 0.2) is 58.5 Å². The molecule has 0 aromatic heterocycles. The Labute approximate surface area is 175 Å². The standard InChI is InChI=1S/C20H22ClN3O4S/c1-2-28-17-6-3-5-15(13-17)14-22-23-20(25)19-7-4-12-24(19)29(26,27)18-10-8-16(21)9-11-18/h3,5-6,8-11,13-14,19H,2,4,7,12H2,1H3,(H,23,25)/t19-/m1/s1. The molecule has 1 amide bonds. The summed E-state index contributed by atoms with van der Waals surface area (Å²) in [5.74, 6) is 0.246. The van der Waals surface area contributed by atoms with Crippen molar-refractivity contribution in [1.29, 1.82) is 0 Å². The first kappa shape index (κ1) is 21.3. The van der Waals surface area contributed by atoms with Gasteiger partial charge in [0.2, 0.25) is 10.0 Å². The van der Waals surface area contributed by atoms with E-state index in [-0.39, 0.29) is 11.4 Å². The van der Waals surface area contributed by atoms with Gasteiger partial charge in [-0.15, -0.1) is 0 Å². The quantitative estimate of drug-likeness (QED) is 0.534. The van der Waals surface area contributed by atoms with Crippen LogP contribution in [0.25, 0.3) is 0 Å². The van der Waals surface area contributed by atoms with Gasteiger partial charge in [0, 0.05) is 11.6 Å². The Morgan fingerprint density at radius 1 is 1.31 bits per heavy atom. The first-order valence-electron chi connectivity index (χ1n) is 9.25. The zero-order valence-corrected chi connectivity index (χ0v) is 17.5. The second-order valence-electron chi connectivity index (χ2n) is 6.47. The van der Waals surface area contributed by atoms with Crippen LogP contribution in [-0.4, -0.2) is 44.0 Å². The molecule has 0 aliphatic carbocycles. The van der Waals surface area contributed by atoms with Crippen LogP contribution in [0.2, 0.25) is 5.02 Å². The maximum absolute atomic E-state index is 12.9. The summed E-state index contributed by atoms with van der Waals surface area (Å²) in [6, 6.07) is 12.4. The number of hydrogen-bond acceptors (Lipinski definition) is 5. The van der Waals surface area contributed by atoms with E-state index in [1.165, 1.54) is 34.8 Å². The molecule has 154 valence electrons. The number of sulfonamides is 1. The Balaban J connectivity index is 1.68. The first-order chi connectivity index (χ1) is 13.9. The van der Waals surface area contributed by atoms with Gasteiger partial charge in [0.15, 0.2) is 0 Å². The summed E-state index contributed by atoms with van der Waals surface area (Å²) in [7, 11) is -3.79. The van der Waals surface area contributed by atoms with Gasteiger partial charge in [-0.1, -0.05) is 23.7 Å². The Bertz CT molecular complexity index is 993. The number of amides is 1. The summed E-state index contributed by atoms with van der Waals surface area (Å²) < 4.78 is 32.5. The summed E-state index contributed by atoms with van der Waals surface area (Å²) in [6.45, 7) is 2.73. The van der Waals surface area contributed by atoms with E-state index in [1.807, 2.05) is 25.1 Å². The topological polar surface area (TPSA) is 88.1 Å². The molecule has 1 saturated heterocycles. The molecule has 1 aliphatic heterocycles. The summed E-state index contributed by atoms with van der Waals surface area (Å²) in [5.41, 5.74) is 3.21. The van der Waals surface area contributed by atoms with Crippen molar-refractivity contribution in [2.75, 3.05) is 13.2 Å². The van der Waals surface area contributed by atoms with E-state index in [4.69, 9.17) is 16.3 Å². The molecule has 2 aromatic carbocycles. The molecule has 0 unspecified atom stereocenters. The molecule has 29 heavy (non-hydrogen) atoms. The van der Waals surface area contributed by atoms with Crippen molar-refractivity contribution in [3.05, 3.63) is 59.1 Å². The Morgan fingerprint density at radius 2 is 2.07 bits per heavy atom. The minimum atomic E-state index is -3.79. The van der Waals surface area contributed by atoms with Crippen LogP contribution < -0.4 is 10.2 Å². The highest BCUT2D eigenvalue weighted by atomic mass is 35.5. The molecule has 3 rings (SSSR count). The monoisotopic (exact) mass is 435 g/mol. The van der Waals surface area contributed by atoms with E-state index in [1.54, 1.807) is 6.07 Å². The lowest BCUT2D eigenvalue weighted by Gasteiger charge is -2.22. The van der Waals surface area contributed by atoms with Gasteiger partial charge in [-0.25, -0.2) is 13.8 Å². The molecule has 2 aromatic rings. The number of hydrogen-bond donors (Lipinski definition) is 1. The number of nitrogens with zero attached hydrogens (tertiary/aromatic N) is 2. The largest absolute Gasteiger partial charge is 0.494 e. The average molecular weight is 436 g/mol. The third-order valence-corrected chi connectivity index (χ3v) is 6.66. The zero-order chi connectivity index (χ0) is 20.9. The van der Waals surface area contributed by atoms with Crippen LogP contribution in [0.5, 0.6) is 5.75 Å². The predicted molar refractivity (Wildman–Crippen MR) is 112 cm³/mol. The molecule has 0 spiro atoms. The van der Waals surface area contributed by atoms with Crippen LogP contribution in [0.4, 0.5) is 0 Å². The lowest BCUT2D eigenvalue weighted by molar-refractivity contribution is -0.124. The average Bonchev–Trinajstić information content (AvgIpc) is 3.20. The molecule has 0 radical (unpaired) electrons. The van der Waals surface area contributed by atoms with Crippen LogP contribution >= 0.6 is 11.6 Å². The van der Waals surface area contributed by atoms with Crippen molar-refractivity contribution in [1.82, 2.24) is 9.73 Å². The third-order valence-electron chi connectivity index (χ3n) is 4.48. The van der Waals surface area contributed by atoms with Gasteiger partial charge in [0.1, 0.15) is 11.8 Å². The van der Waals surface area contributed by atoms with Gasteiger partial charge in [-0.05, 0) is 61.7 Å². The van der Waals surface area contributed by atoms with E-state index in [0.717, 1.165) is 5.56 Å². The van der Waals surface area contributed by atoms with Crippen LogP contribution in [-0.2, 0) is 14.8 Å². The Kier molecular flexibility index (Phi) is 6.89. The minimum absolute atomic E-state index is 0.109. The highest BCUT2D eigenvalue weighted by Gasteiger charge is 2.39. The molecule has 1 atom stereocenters. The lowest BCUT2D eigenvalue weighted by atomic mass is 10.2. The molecule has 1 N–H and O–H groups in total. The number of nitrogens with one attached hydrogen (secondary N) is 1. The van der Waals surface area contributed by atoms with Crippen molar-refractivity contribution in [3.63, 3.8) is 0 Å². The maximum Gasteiger partial charge on any atom is 0.258 e. The van der Waals surface area contributed by atoms with E-state index >= 15 is 0 Å². The smallest absolute Gasteiger partial charge is 0.258 e. The predicted octanol–water partition coefficient (Wildman–Crippen LogP) is 3.04. The SMILES string of the molecule is CCOc1cccc(C=NNC(=O)[C@H]2CCCN2S(=O)(=O)c2ccc(Cl)cc2)c1. The highest BCUT2D eigenvalue weighted by Crippen LogP contribution is 2.27. The summed E-state index contributed by atoms with van der Waals surface area (Å²) in [4.78, 5) is 12.7. The molecular formula is C20H22ClN3O4S. The molecule has 0 bridgehead atoms. The number of carbonyl (C=O) groups excluding carboxylic acids is 1. The molecule has 1 fully saturated rings. The third kappa shape index (κ3) is 5.14. The molecule has 9 heteroatoms. The number of carbonyl (C=O) groups is 1. The second-order valence-corrected chi connectivity index (χ2v) is 8.79. The van der Waals surface area contributed by atoms with Crippen molar-refractivity contribution in [3.8, 4) is 5.75 Å². The number of ether oxygens (including phenoxy) is 1. The number of benzene rings is 2. The Hall–Kier alpha value is -2.42. The molecule has 0 saturated carbocycles. The van der Waals surface area contributed by atoms with E-state index in [9.17, 15) is 13.2 Å². The van der Waals surface area contributed by atoms with Gasteiger partial charge in [0.25, 0.3) is 5.91 Å². The summed E-state index contributed by atoms with van der Waals surface area (Å²) in [6.07, 6.45) is 2.53. The summed E-state index contributed by atoms with van der Waals surface area (Å²) in [5, 5.41) is 4.42.